The van der Waals surface area contributed by atoms with Gasteiger partial charge in [-0.3, -0.25) is 10.1 Å². The van der Waals surface area contributed by atoms with Crippen LogP contribution in [-0.2, 0) is 16.1 Å². The quantitative estimate of drug-likeness (QED) is 0.316. The summed E-state index contributed by atoms with van der Waals surface area (Å²) in [5.41, 5.74) is 1.59. The number of carbonyl (C=O) groups is 2. The fraction of sp³-hybridized carbons (Fsp3) is 0.222. The summed E-state index contributed by atoms with van der Waals surface area (Å²) in [6.07, 6.45) is -1.27. The maximum absolute atomic E-state index is 14.0. The van der Waals surface area contributed by atoms with Crippen molar-refractivity contribution in [2.45, 2.75) is 28.7 Å². The second kappa shape index (κ2) is 8.51. The molecular formula is C18H16ClF2NO3S. The summed E-state index contributed by atoms with van der Waals surface area (Å²) in [6, 6.07) is 15.2. The maximum atomic E-state index is 14.0. The van der Waals surface area contributed by atoms with Crippen LogP contribution < -0.4 is 5.32 Å². The van der Waals surface area contributed by atoms with Crippen molar-refractivity contribution in [2.75, 3.05) is 0 Å². The van der Waals surface area contributed by atoms with Crippen molar-refractivity contribution in [1.29, 1.82) is 0 Å². The third-order valence-corrected chi connectivity index (χ3v) is 5.08. The highest BCUT2D eigenvalue weighted by molar-refractivity contribution is 8.01. The lowest BCUT2D eigenvalue weighted by atomic mass is 10.2. The molecule has 0 unspecified atom stereocenters. The molecule has 1 amide bonds. The molecule has 138 valence electrons. The maximum Gasteiger partial charge on any atom is 0.409 e. The second-order valence-electron chi connectivity index (χ2n) is 5.45. The second-order valence-corrected chi connectivity index (χ2v) is 7.25. The number of aldehydes is 1. The molecule has 2 rings (SSSR count). The zero-order valence-corrected chi connectivity index (χ0v) is 15.3. The van der Waals surface area contributed by atoms with E-state index in [4.69, 9.17) is 16.3 Å². The number of carbonyl (C=O) groups excluding carboxylic acids is 2. The van der Waals surface area contributed by atoms with Crippen LogP contribution in [0.2, 0.25) is 0 Å². The summed E-state index contributed by atoms with van der Waals surface area (Å²) in [5.74, 6) is 0. The van der Waals surface area contributed by atoms with E-state index in [1.54, 1.807) is 54.6 Å². The molecule has 0 fully saturated rings. The molecule has 0 saturated heterocycles. The monoisotopic (exact) mass is 399 g/mol. The first-order valence-electron chi connectivity index (χ1n) is 7.53. The number of hydrogen-bond donors (Lipinski definition) is 1. The molecule has 0 aliphatic carbocycles. The molecule has 26 heavy (non-hydrogen) atoms. The minimum absolute atomic E-state index is 0.0890. The first-order valence-corrected chi connectivity index (χ1v) is 8.73. The number of ether oxygens (including phenoxy) is 1. The molecule has 0 aliphatic rings. The van der Waals surface area contributed by atoms with Gasteiger partial charge in [-0.05, 0) is 36.2 Å². The molecule has 2 aromatic carbocycles. The van der Waals surface area contributed by atoms with Gasteiger partial charge in [-0.25, -0.2) is 4.79 Å². The number of hydrogen-bond acceptors (Lipinski definition) is 4. The molecule has 0 heterocycles. The number of nitrogens with one attached hydrogen (secondary N) is 1. The van der Waals surface area contributed by atoms with Crippen molar-refractivity contribution in [1.82, 2.24) is 5.32 Å². The summed E-state index contributed by atoms with van der Waals surface area (Å²) in [7, 11) is 0. The molecule has 4 nitrogen and oxygen atoms in total. The van der Waals surface area contributed by atoms with Crippen molar-refractivity contribution in [2.24, 2.45) is 0 Å². The number of alkyl halides is 3. The molecule has 0 aliphatic heterocycles. The minimum Gasteiger partial charge on any atom is -0.445 e. The van der Waals surface area contributed by atoms with Gasteiger partial charge >= 0.3 is 11.5 Å². The standard InChI is InChI=1S/C18H16ClF2NO3S/c1-13-7-9-15(10-8-13)26-17(12-23,18(19,20)21)22-16(24)25-11-14-5-3-2-4-6-14/h2-10,12H,11H2,1H3,(H,22,24)/t17-/m1/s1. The number of rotatable bonds is 7. The molecule has 0 spiro atoms. The van der Waals surface area contributed by atoms with Crippen LogP contribution in [0.25, 0.3) is 0 Å². The van der Waals surface area contributed by atoms with Crippen LogP contribution >= 0.6 is 23.4 Å². The molecule has 2 aromatic rings. The Hall–Kier alpha value is -2.12. The van der Waals surface area contributed by atoms with Crippen LogP contribution in [0, 0.1) is 6.92 Å². The van der Waals surface area contributed by atoms with E-state index in [9.17, 15) is 18.4 Å². The first kappa shape index (κ1) is 20.2. The number of benzene rings is 2. The van der Waals surface area contributed by atoms with E-state index in [1.165, 1.54) is 0 Å². The van der Waals surface area contributed by atoms with Crippen LogP contribution in [0.5, 0.6) is 0 Å². The van der Waals surface area contributed by atoms with E-state index >= 15 is 0 Å². The SMILES string of the molecule is Cc1ccc(S[C@@](C=O)(NC(=O)OCc2ccccc2)C(F)(F)Cl)cc1. The zero-order chi connectivity index (χ0) is 19.2. The lowest BCUT2D eigenvalue weighted by molar-refractivity contribution is -0.116. The van der Waals surface area contributed by atoms with E-state index in [0.717, 1.165) is 5.56 Å². The molecule has 1 N–H and O–H groups in total. The summed E-state index contributed by atoms with van der Waals surface area (Å²) < 4.78 is 32.9. The van der Waals surface area contributed by atoms with Crippen molar-refractivity contribution >= 4 is 35.7 Å². The van der Waals surface area contributed by atoms with Crippen LogP contribution in [0.3, 0.4) is 0 Å². The van der Waals surface area contributed by atoms with E-state index < -0.39 is 16.3 Å². The van der Waals surface area contributed by atoms with Gasteiger partial charge in [-0.2, -0.15) is 8.78 Å². The van der Waals surface area contributed by atoms with Crippen molar-refractivity contribution in [3.05, 3.63) is 65.7 Å². The number of thioether (sulfide) groups is 1. The number of amides is 1. The third kappa shape index (κ3) is 5.19. The minimum atomic E-state index is -4.05. The Morgan fingerprint density at radius 2 is 1.81 bits per heavy atom. The summed E-state index contributed by atoms with van der Waals surface area (Å²) in [4.78, 5) is 21.1. The van der Waals surface area contributed by atoms with Crippen LogP contribution in [-0.4, -0.2) is 22.6 Å². The van der Waals surface area contributed by atoms with Gasteiger partial charge in [0.15, 0.2) is 6.29 Å². The van der Waals surface area contributed by atoms with Gasteiger partial charge in [0.1, 0.15) is 6.61 Å². The smallest absolute Gasteiger partial charge is 0.409 e. The molecule has 0 bridgehead atoms. The fourth-order valence-corrected chi connectivity index (χ4v) is 3.13. The summed E-state index contributed by atoms with van der Waals surface area (Å²) in [5, 5.41) is -2.14. The number of halogens is 3. The van der Waals surface area contributed by atoms with Crippen molar-refractivity contribution in [3.63, 3.8) is 0 Å². The lowest BCUT2D eigenvalue weighted by Crippen LogP contribution is -2.57. The number of aryl methyl sites for hydroxylation is 1. The zero-order valence-electron chi connectivity index (χ0n) is 13.7. The Kier molecular flexibility index (Phi) is 6.61. The molecule has 0 saturated carbocycles. The topological polar surface area (TPSA) is 55.4 Å². The Labute approximate surface area is 158 Å². The summed E-state index contributed by atoms with van der Waals surface area (Å²) in [6.45, 7) is 1.70. The average molecular weight is 400 g/mol. The van der Waals surface area contributed by atoms with Gasteiger partial charge in [-0.1, -0.05) is 59.8 Å². The van der Waals surface area contributed by atoms with Gasteiger partial charge in [0.25, 0.3) is 0 Å². The van der Waals surface area contributed by atoms with Crippen LogP contribution in [0.15, 0.2) is 59.5 Å². The average Bonchev–Trinajstić information content (AvgIpc) is 2.61. The Bertz CT molecular complexity index is 753. The van der Waals surface area contributed by atoms with Gasteiger partial charge in [0, 0.05) is 4.90 Å². The normalized spacial score (nSPS) is 13.5. The predicted octanol–water partition coefficient (Wildman–Crippen LogP) is 4.74. The van der Waals surface area contributed by atoms with E-state index in [1.807, 2.05) is 12.2 Å². The number of alkyl carbamates (subject to hydrolysis) is 1. The Morgan fingerprint density at radius 3 is 2.35 bits per heavy atom. The third-order valence-electron chi connectivity index (χ3n) is 3.39. The van der Waals surface area contributed by atoms with Crippen LogP contribution in [0.1, 0.15) is 11.1 Å². The molecule has 0 aromatic heterocycles. The molecule has 0 radical (unpaired) electrons. The highest BCUT2D eigenvalue weighted by atomic mass is 35.5. The summed E-state index contributed by atoms with van der Waals surface area (Å²) >= 11 is 5.58. The lowest BCUT2D eigenvalue weighted by Gasteiger charge is -2.31. The molecule has 8 heteroatoms. The van der Waals surface area contributed by atoms with Gasteiger partial charge in [-0.15, -0.1) is 0 Å². The highest BCUT2D eigenvalue weighted by Crippen LogP contribution is 2.43. The first-order chi connectivity index (χ1) is 12.3. The largest absolute Gasteiger partial charge is 0.445 e. The van der Waals surface area contributed by atoms with E-state index in [-0.39, 0.29) is 12.9 Å². The van der Waals surface area contributed by atoms with Crippen molar-refractivity contribution < 1.29 is 23.1 Å². The van der Waals surface area contributed by atoms with Gasteiger partial charge in [0.2, 0.25) is 4.87 Å². The predicted molar refractivity (Wildman–Crippen MR) is 96.4 cm³/mol. The van der Waals surface area contributed by atoms with Gasteiger partial charge in [0.05, 0.1) is 0 Å². The van der Waals surface area contributed by atoms with Crippen LogP contribution in [0.4, 0.5) is 13.6 Å². The highest BCUT2D eigenvalue weighted by Gasteiger charge is 2.55. The van der Waals surface area contributed by atoms with Crippen molar-refractivity contribution in [3.8, 4) is 0 Å². The van der Waals surface area contributed by atoms with Gasteiger partial charge < -0.3 is 4.74 Å². The molecular weight excluding hydrogens is 384 g/mol. The Balaban J connectivity index is 2.14. The fourth-order valence-electron chi connectivity index (χ4n) is 1.98. The Morgan fingerprint density at radius 1 is 1.19 bits per heavy atom. The van der Waals surface area contributed by atoms with E-state index in [2.05, 4.69) is 0 Å². The van der Waals surface area contributed by atoms with E-state index in [0.29, 0.717) is 22.2 Å². The molecule has 1 atom stereocenters.